The maximum atomic E-state index is 12.2. The SMILES string of the molecule is O=C(/C=C/c1ccc(Br)cc1)C1=C([O-])c2ccccc2C1=O.[Na+]. The Labute approximate surface area is 164 Å². The molecule has 0 N–H and O–H groups in total. The second kappa shape index (κ2) is 7.41. The number of halogens is 1. The third-order valence-corrected chi connectivity index (χ3v) is 3.94. The van der Waals surface area contributed by atoms with Crippen LogP contribution in [0.25, 0.3) is 11.8 Å². The minimum absolute atomic E-state index is 0. The number of benzene rings is 2. The summed E-state index contributed by atoms with van der Waals surface area (Å²) in [5.41, 5.74) is 1.13. The van der Waals surface area contributed by atoms with Crippen LogP contribution in [0.2, 0.25) is 0 Å². The number of Topliss-reactive ketones (excluding diaryl/α,β-unsaturated/α-hetero) is 1. The molecule has 0 unspecified atom stereocenters. The van der Waals surface area contributed by atoms with Crippen LogP contribution in [-0.2, 0) is 4.79 Å². The Bertz CT molecular complexity index is 836. The Balaban J connectivity index is 0.00000192. The van der Waals surface area contributed by atoms with Crippen LogP contribution in [0.3, 0.4) is 0 Å². The maximum Gasteiger partial charge on any atom is 1.00 e. The summed E-state index contributed by atoms with van der Waals surface area (Å²) in [6, 6.07) is 13.8. The molecule has 0 aromatic heterocycles. The van der Waals surface area contributed by atoms with Crippen LogP contribution >= 0.6 is 15.9 Å². The molecule has 2 aromatic carbocycles. The molecule has 0 bridgehead atoms. The van der Waals surface area contributed by atoms with E-state index >= 15 is 0 Å². The number of carbonyl (C=O) groups excluding carboxylic acids is 2. The van der Waals surface area contributed by atoms with Gasteiger partial charge in [0, 0.05) is 10.0 Å². The van der Waals surface area contributed by atoms with Crippen LogP contribution in [0.4, 0.5) is 0 Å². The van der Waals surface area contributed by atoms with E-state index in [1.54, 1.807) is 30.3 Å². The van der Waals surface area contributed by atoms with Crippen molar-refractivity contribution in [3.05, 3.63) is 81.3 Å². The first-order valence-corrected chi connectivity index (χ1v) is 7.40. The van der Waals surface area contributed by atoms with Crippen molar-refractivity contribution in [2.45, 2.75) is 0 Å². The molecule has 0 saturated heterocycles. The van der Waals surface area contributed by atoms with Gasteiger partial charge in [-0.15, -0.1) is 0 Å². The van der Waals surface area contributed by atoms with Crippen LogP contribution in [0.1, 0.15) is 21.5 Å². The average molecular weight is 377 g/mol. The third-order valence-electron chi connectivity index (χ3n) is 3.41. The first-order chi connectivity index (χ1) is 10.6. The molecule has 0 amide bonds. The van der Waals surface area contributed by atoms with Gasteiger partial charge in [0.2, 0.25) is 0 Å². The second-order valence-corrected chi connectivity index (χ2v) is 5.74. The first kappa shape index (κ1) is 17.9. The fourth-order valence-electron chi connectivity index (χ4n) is 2.30. The van der Waals surface area contributed by atoms with Gasteiger partial charge in [-0.05, 0) is 29.3 Å². The standard InChI is InChI=1S/C18H11BrO3.Na/c19-12-8-5-11(6-9-12)7-10-15(20)16-17(21)13-3-1-2-4-14(13)18(16)22;/h1-10,21H;/q;+1/p-1/b10-7+;. The molecular formula is C18H10BrNaO3. The van der Waals surface area contributed by atoms with E-state index in [1.807, 2.05) is 24.3 Å². The minimum atomic E-state index is -0.561. The van der Waals surface area contributed by atoms with Crippen LogP contribution in [0.5, 0.6) is 0 Å². The number of fused-ring (bicyclic) bond motifs is 1. The van der Waals surface area contributed by atoms with E-state index in [9.17, 15) is 14.7 Å². The molecule has 0 spiro atoms. The Hall–Kier alpha value is -1.46. The summed E-state index contributed by atoms with van der Waals surface area (Å²) in [7, 11) is 0. The molecule has 1 aliphatic rings. The first-order valence-electron chi connectivity index (χ1n) is 6.61. The molecule has 23 heavy (non-hydrogen) atoms. The Morgan fingerprint density at radius 1 is 1.00 bits per heavy atom. The summed E-state index contributed by atoms with van der Waals surface area (Å²) in [5.74, 6) is -1.55. The monoisotopic (exact) mass is 376 g/mol. The zero-order valence-corrected chi connectivity index (χ0v) is 16.0. The molecule has 3 rings (SSSR count). The van der Waals surface area contributed by atoms with Crippen molar-refractivity contribution in [1.82, 2.24) is 0 Å². The van der Waals surface area contributed by atoms with Crippen molar-refractivity contribution in [3.63, 3.8) is 0 Å². The summed E-state index contributed by atoms with van der Waals surface area (Å²) < 4.78 is 0.932. The molecule has 0 atom stereocenters. The fraction of sp³-hybridized carbons (Fsp3) is 0. The van der Waals surface area contributed by atoms with Gasteiger partial charge in [-0.1, -0.05) is 64.2 Å². The zero-order valence-electron chi connectivity index (χ0n) is 12.4. The van der Waals surface area contributed by atoms with Gasteiger partial charge in [-0.3, -0.25) is 9.59 Å². The van der Waals surface area contributed by atoms with Gasteiger partial charge in [-0.2, -0.15) is 0 Å². The van der Waals surface area contributed by atoms with E-state index < -0.39 is 17.3 Å². The molecule has 0 saturated carbocycles. The summed E-state index contributed by atoms with van der Waals surface area (Å²) in [5, 5.41) is 12.2. The van der Waals surface area contributed by atoms with E-state index in [4.69, 9.17) is 0 Å². The van der Waals surface area contributed by atoms with Crippen LogP contribution < -0.4 is 34.7 Å². The average Bonchev–Trinajstić information content (AvgIpc) is 2.79. The number of hydrogen-bond acceptors (Lipinski definition) is 3. The van der Waals surface area contributed by atoms with Crippen LogP contribution in [0, 0.1) is 0 Å². The Morgan fingerprint density at radius 3 is 2.22 bits per heavy atom. The predicted molar refractivity (Wildman–Crippen MR) is 85.9 cm³/mol. The molecule has 3 nitrogen and oxygen atoms in total. The predicted octanol–water partition coefficient (Wildman–Crippen LogP) is 0.00330. The van der Waals surface area contributed by atoms with E-state index in [0.29, 0.717) is 11.1 Å². The fourth-order valence-corrected chi connectivity index (χ4v) is 2.57. The van der Waals surface area contributed by atoms with Crippen molar-refractivity contribution < 1.29 is 44.3 Å². The smallest absolute Gasteiger partial charge is 0.871 e. The topological polar surface area (TPSA) is 57.2 Å². The van der Waals surface area contributed by atoms with Crippen molar-refractivity contribution in [3.8, 4) is 0 Å². The van der Waals surface area contributed by atoms with Gasteiger partial charge in [0.15, 0.2) is 11.6 Å². The van der Waals surface area contributed by atoms with Gasteiger partial charge in [0.25, 0.3) is 0 Å². The van der Waals surface area contributed by atoms with E-state index in [2.05, 4.69) is 15.9 Å². The van der Waals surface area contributed by atoms with Gasteiger partial charge in [0.1, 0.15) is 0 Å². The number of ketones is 2. The number of allylic oxidation sites excluding steroid dienone is 2. The van der Waals surface area contributed by atoms with Crippen molar-refractivity contribution >= 4 is 39.3 Å². The summed E-state index contributed by atoms with van der Waals surface area (Å²) in [6.45, 7) is 0. The molecule has 0 aliphatic heterocycles. The largest absolute Gasteiger partial charge is 1.00 e. The number of carbonyl (C=O) groups is 2. The molecule has 108 valence electrons. The number of hydrogen-bond donors (Lipinski definition) is 0. The van der Waals surface area contributed by atoms with Gasteiger partial charge in [-0.25, -0.2) is 0 Å². The van der Waals surface area contributed by atoms with Crippen molar-refractivity contribution in [1.29, 1.82) is 0 Å². The number of rotatable bonds is 3. The molecule has 2 aromatic rings. The summed E-state index contributed by atoms with van der Waals surface area (Å²) in [4.78, 5) is 24.4. The van der Waals surface area contributed by atoms with E-state index in [0.717, 1.165) is 10.0 Å². The maximum absolute atomic E-state index is 12.2. The molecular weight excluding hydrogens is 367 g/mol. The second-order valence-electron chi connectivity index (χ2n) is 4.83. The molecule has 0 heterocycles. The van der Waals surface area contributed by atoms with E-state index in [1.165, 1.54) is 6.08 Å². The van der Waals surface area contributed by atoms with Crippen LogP contribution in [0.15, 0.2) is 64.7 Å². The summed E-state index contributed by atoms with van der Waals surface area (Å²) >= 11 is 3.33. The van der Waals surface area contributed by atoms with Crippen molar-refractivity contribution in [2.24, 2.45) is 0 Å². The third kappa shape index (κ3) is 3.56. The van der Waals surface area contributed by atoms with Crippen LogP contribution in [-0.4, -0.2) is 11.6 Å². The molecule has 5 heteroatoms. The van der Waals surface area contributed by atoms with Gasteiger partial charge in [0.05, 0.1) is 5.57 Å². The molecule has 1 aliphatic carbocycles. The van der Waals surface area contributed by atoms with Gasteiger partial charge >= 0.3 is 29.6 Å². The summed E-state index contributed by atoms with van der Waals surface area (Å²) in [6.07, 6.45) is 2.85. The Kier molecular flexibility index (Phi) is 5.76. The molecule has 0 fully saturated rings. The minimum Gasteiger partial charge on any atom is -0.871 e. The molecule has 0 radical (unpaired) electrons. The zero-order chi connectivity index (χ0) is 15.7. The normalized spacial score (nSPS) is 13.2. The van der Waals surface area contributed by atoms with Crippen molar-refractivity contribution in [2.75, 3.05) is 0 Å². The van der Waals surface area contributed by atoms with Gasteiger partial charge < -0.3 is 5.11 Å². The Morgan fingerprint density at radius 2 is 1.61 bits per heavy atom. The quantitative estimate of drug-likeness (QED) is 0.430. The van der Waals surface area contributed by atoms with E-state index in [-0.39, 0.29) is 35.1 Å².